The predicted octanol–water partition coefficient (Wildman–Crippen LogP) is 2.92. The molecular weight excluding hydrogens is 233 g/mol. The fourth-order valence-corrected chi connectivity index (χ4v) is 2.82. The predicted molar refractivity (Wildman–Crippen MR) is 66.7 cm³/mol. The molecule has 2 atom stereocenters. The number of halogens is 1. The molecule has 1 N–H and O–H groups in total. The van der Waals surface area contributed by atoms with Crippen LogP contribution in [-0.4, -0.2) is 16.2 Å². The molecule has 0 spiro atoms. The summed E-state index contributed by atoms with van der Waals surface area (Å²) >= 11 is 0. The first-order chi connectivity index (χ1) is 8.58. The van der Waals surface area contributed by atoms with E-state index in [4.69, 9.17) is 4.74 Å². The van der Waals surface area contributed by atoms with Crippen molar-refractivity contribution in [2.24, 2.45) is 11.8 Å². The summed E-state index contributed by atoms with van der Waals surface area (Å²) in [6.45, 7) is 4.19. The summed E-state index contributed by atoms with van der Waals surface area (Å²) in [5.41, 5.74) is 0.417. The Morgan fingerprint density at radius 1 is 1.33 bits per heavy atom. The van der Waals surface area contributed by atoms with E-state index in [1.807, 2.05) is 0 Å². The second-order valence-corrected chi connectivity index (χ2v) is 5.43. The van der Waals surface area contributed by atoms with E-state index in [1.54, 1.807) is 0 Å². The molecule has 4 heteroatoms. The monoisotopic (exact) mass is 253 g/mol. The van der Waals surface area contributed by atoms with Crippen molar-refractivity contribution < 1.29 is 14.2 Å². The summed E-state index contributed by atoms with van der Waals surface area (Å²) in [7, 11) is 0. The highest BCUT2D eigenvalue weighted by Crippen LogP contribution is 2.31. The molecule has 1 aliphatic rings. The first kappa shape index (κ1) is 13.3. The maximum Gasteiger partial charge on any atom is 0.219 e. The summed E-state index contributed by atoms with van der Waals surface area (Å²) in [6, 6.07) is 1.28. The Hall–Kier alpha value is -1.16. The Kier molecular flexibility index (Phi) is 4.17. The van der Waals surface area contributed by atoms with Crippen LogP contribution in [0.2, 0.25) is 0 Å². The van der Waals surface area contributed by atoms with Gasteiger partial charge in [0.2, 0.25) is 5.88 Å². The molecule has 0 radical (unpaired) electrons. The third kappa shape index (κ3) is 3.19. The topological polar surface area (TPSA) is 42.4 Å². The van der Waals surface area contributed by atoms with Gasteiger partial charge in [-0.2, -0.15) is 0 Å². The van der Waals surface area contributed by atoms with Crippen molar-refractivity contribution in [1.29, 1.82) is 0 Å². The molecule has 1 aromatic rings. The highest BCUT2D eigenvalue weighted by atomic mass is 19.1. The molecule has 1 heterocycles. The molecule has 0 aromatic carbocycles. The van der Waals surface area contributed by atoms with E-state index < -0.39 is 5.82 Å². The molecular formula is C14H20FNO2. The summed E-state index contributed by atoms with van der Waals surface area (Å²) in [6.07, 6.45) is 4.46. The van der Waals surface area contributed by atoms with E-state index in [0.717, 1.165) is 19.0 Å². The Balaban J connectivity index is 2.08. The van der Waals surface area contributed by atoms with Crippen molar-refractivity contribution in [3.8, 4) is 5.88 Å². The lowest BCUT2D eigenvalue weighted by molar-refractivity contribution is 0.0937. The van der Waals surface area contributed by atoms with Gasteiger partial charge in [-0.15, -0.1) is 0 Å². The number of aliphatic hydroxyl groups is 1. The largest absolute Gasteiger partial charge is 0.474 e. The van der Waals surface area contributed by atoms with E-state index in [0.29, 0.717) is 23.3 Å². The van der Waals surface area contributed by atoms with Gasteiger partial charge >= 0.3 is 0 Å². The van der Waals surface area contributed by atoms with Crippen LogP contribution in [0.4, 0.5) is 4.39 Å². The molecule has 100 valence electrons. The van der Waals surface area contributed by atoms with Crippen LogP contribution in [-0.2, 0) is 6.61 Å². The second-order valence-electron chi connectivity index (χ2n) is 5.43. The van der Waals surface area contributed by atoms with Gasteiger partial charge in [0.05, 0.1) is 12.8 Å². The number of hydrogen-bond acceptors (Lipinski definition) is 3. The van der Waals surface area contributed by atoms with E-state index in [9.17, 15) is 9.50 Å². The van der Waals surface area contributed by atoms with Crippen LogP contribution in [0.1, 0.15) is 38.7 Å². The van der Waals surface area contributed by atoms with Crippen LogP contribution in [0.25, 0.3) is 0 Å². The van der Waals surface area contributed by atoms with E-state index >= 15 is 0 Å². The molecule has 18 heavy (non-hydrogen) atoms. The molecule has 1 saturated carbocycles. The molecule has 0 amide bonds. The average Bonchev–Trinajstić information content (AvgIpc) is 2.30. The SMILES string of the molecule is CC1CC(C)CC(Oc2ncc(F)cc2CO)C1. The zero-order chi connectivity index (χ0) is 13.1. The molecule has 0 aliphatic heterocycles. The van der Waals surface area contributed by atoms with Gasteiger partial charge in [0.25, 0.3) is 0 Å². The van der Waals surface area contributed by atoms with E-state index in [2.05, 4.69) is 18.8 Å². The summed E-state index contributed by atoms with van der Waals surface area (Å²) in [4.78, 5) is 3.94. The minimum absolute atomic E-state index is 0.118. The van der Waals surface area contributed by atoms with Gasteiger partial charge in [-0.1, -0.05) is 13.8 Å². The van der Waals surface area contributed by atoms with Crippen LogP contribution >= 0.6 is 0 Å². The maximum absolute atomic E-state index is 13.0. The molecule has 1 fully saturated rings. The quantitative estimate of drug-likeness (QED) is 0.900. The fourth-order valence-electron chi connectivity index (χ4n) is 2.82. The van der Waals surface area contributed by atoms with Gasteiger partial charge in [-0.3, -0.25) is 0 Å². The molecule has 1 aromatic heterocycles. The molecule has 2 unspecified atom stereocenters. The number of ether oxygens (including phenoxy) is 1. The van der Waals surface area contributed by atoms with Gasteiger partial charge in [-0.05, 0) is 37.2 Å². The van der Waals surface area contributed by atoms with Crippen LogP contribution in [0, 0.1) is 17.7 Å². The van der Waals surface area contributed by atoms with Crippen molar-refractivity contribution in [2.45, 2.75) is 45.8 Å². The first-order valence-electron chi connectivity index (χ1n) is 6.50. The van der Waals surface area contributed by atoms with Crippen molar-refractivity contribution in [3.63, 3.8) is 0 Å². The second kappa shape index (κ2) is 5.65. The van der Waals surface area contributed by atoms with Crippen molar-refractivity contribution in [3.05, 3.63) is 23.6 Å². The smallest absolute Gasteiger partial charge is 0.219 e. The first-order valence-corrected chi connectivity index (χ1v) is 6.50. The molecule has 2 rings (SSSR count). The number of aliphatic hydroxyl groups excluding tert-OH is 1. The molecule has 0 saturated heterocycles. The molecule has 1 aliphatic carbocycles. The minimum atomic E-state index is -0.447. The van der Waals surface area contributed by atoms with E-state index in [-0.39, 0.29) is 12.7 Å². The summed E-state index contributed by atoms with van der Waals surface area (Å²) in [5.74, 6) is 1.19. The van der Waals surface area contributed by atoms with Crippen molar-refractivity contribution in [2.75, 3.05) is 0 Å². The zero-order valence-electron chi connectivity index (χ0n) is 10.9. The minimum Gasteiger partial charge on any atom is -0.474 e. The zero-order valence-corrected chi connectivity index (χ0v) is 10.9. The molecule has 0 bridgehead atoms. The van der Waals surface area contributed by atoms with Crippen LogP contribution in [0.3, 0.4) is 0 Å². The number of aromatic nitrogens is 1. The van der Waals surface area contributed by atoms with Crippen molar-refractivity contribution in [1.82, 2.24) is 4.98 Å². The summed E-state index contributed by atoms with van der Waals surface area (Å²) < 4.78 is 18.8. The highest BCUT2D eigenvalue weighted by molar-refractivity contribution is 5.25. The lowest BCUT2D eigenvalue weighted by Crippen LogP contribution is -2.29. The van der Waals surface area contributed by atoms with Gasteiger partial charge in [0.1, 0.15) is 11.9 Å². The van der Waals surface area contributed by atoms with Gasteiger partial charge in [0.15, 0.2) is 0 Å². The average molecular weight is 253 g/mol. The Morgan fingerprint density at radius 3 is 2.61 bits per heavy atom. The Morgan fingerprint density at radius 2 is 2.00 bits per heavy atom. The maximum atomic E-state index is 13.0. The highest BCUT2D eigenvalue weighted by Gasteiger charge is 2.26. The van der Waals surface area contributed by atoms with Crippen LogP contribution < -0.4 is 4.74 Å². The third-order valence-electron chi connectivity index (χ3n) is 3.48. The van der Waals surface area contributed by atoms with Gasteiger partial charge in [-0.25, -0.2) is 9.37 Å². The summed E-state index contributed by atoms with van der Waals surface area (Å²) in [5, 5.41) is 9.19. The Labute approximate surface area is 107 Å². The fraction of sp³-hybridized carbons (Fsp3) is 0.643. The number of rotatable bonds is 3. The number of hydrogen-bond donors (Lipinski definition) is 1. The van der Waals surface area contributed by atoms with Crippen LogP contribution in [0.5, 0.6) is 5.88 Å². The van der Waals surface area contributed by atoms with E-state index in [1.165, 1.54) is 12.5 Å². The third-order valence-corrected chi connectivity index (χ3v) is 3.48. The van der Waals surface area contributed by atoms with Crippen LogP contribution in [0.15, 0.2) is 12.3 Å². The number of nitrogens with zero attached hydrogens (tertiary/aromatic N) is 1. The lowest BCUT2D eigenvalue weighted by atomic mass is 9.82. The standard InChI is InChI=1S/C14H20FNO2/c1-9-3-10(2)5-13(4-9)18-14-11(8-17)6-12(15)7-16-14/h6-7,9-10,13,17H,3-5,8H2,1-2H3. The Bertz CT molecular complexity index is 401. The van der Waals surface area contributed by atoms with Gasteiger partial charge < -0.3 is 9.84 Å². The number of pyridine rings is 1. The normalized spacial score (nSPS) is 28.1. The lowest BCUT2D eigenvalue weighted by Gasteiger charge is -2.31. The molecule has 3 nitrogen and oxygen atoms in total. The van der Waals surface area contributed by atoms with Crippen molar-refractivity contribution >= 4 is 0 Å². The van der Waals surface area contributed by atoms with Gasteiger partial charge in [0, 0.05) is 5.56 Å².